The highest BCUT2D eigenvalue weighted by Crippen LogP contribution is 2.19. The van der Waals surface area contributed by atoms with Crippen molar-refractivity contribution in [1.29, 1.82) is 0 Å². The Morgan fingerprint density at radius 3 is 2.50 bits per heavy atom. The van der Waals surface area contributed by atoms with E-state index in [1.807, 2.05) is 60.7 Å². The van der Waals surface area contributed by atoms with E-state index in [4.69, 9.17) is 4.74 Å². The van der Waals surface area contributed by atoms with Crippen LogP contribution in [0.3, 0.4) is 0 Å². The fourth-order valence-electron chi connectivity index (χ4n) is 1.98. The molecule has 0 spiro atoms. The lowest BCUT2D eigenvalue weighted by Gasteiger charge is -1.94. The summed E-state index contributed by atoms with van der Waals surface area (Å²) in [5.74, 6) is -0.136. The molecule has 1 aliphatic heterocycles. The predicted octanol–water partition coefficient (Wildman–Crippen LogP) is 4.46. The first-order valence-corrected chi connectivity index (χ1v) is 7.51. The van der Waals surface area contributed by atoms with Crippen LogP contribution in [0, 0.1) is 0 Å². The van der Waals surface area contributed by atoms with E-state index in [2.05, 4.69) is 20.9 Å². The second-order valence-corrected chi connectivity index (χ2v) is 5.58. The van der Waals surface area contributed by atoms with Crippen molar-refractivity contribution < 1.29 is 9.53 Å². The summed E-state index contributed by atoms with van der Waals surface area (Å²) in [6.07, 6.45) is 5.25. The van der Waals surface area contributed by atoms with E-state index in [9.17, 15) is 4.79 Å². The summed E-state index contributed by atoms with van der Waals surface area (Å²) in [5, 5.41) is 0. The van der Waals surface area contributed by atoms with E-state index in [0.29, 0.717) is 11.6 Å². The molecule has 2 aromatic rings. The standard InChI is InChI=1S/C18H12BrNO2/c19-15-8-4-7-14(11-15)12-16-18(21)22-17(20-16)10-9-13-5-2-1-3-6-13/h1-12H/b10-9+,16-12+. The smallest absolute Gasteiger partial charge is 0.363 e. The SMILES string of the molecule is O=C1OC(/C=C/c2ccccc2)=NC/1=C/c1cccc(Br)c1. The van der Waals surface area contributed by atoms with Crippen LogP contribution in [-0.4, -0.2) is 11.9 Å². The minimum absolute atomic E-state index is 0.297. The monoisotopic (exact) mass is 353 g/mol. The third-order valence-electron chi connectivity index (χ3n) is 3.01. The van der Waals surface area contributed by atoms with Crippen molar-refractivity contribution in [1.82, 2.24) is 0 Å². The molecule has 1 heterocycles. The summed E-state index contributed by atoms with van der Waals surface area (Å²) in [5.41, 5.74) is 2.20. The summed E-state index contributed by atoms with van der Waals surface area (Å²) in [7, 11) is 0. The van der Waals surface area contributed by atoms with Gasteiger partial charge in [0.2, 0.25) is 5.90 Å². The van der Waals surface area contributed by atoms with Crippen LogP contribution < -0.4 is 0 Å². The molecule has 108 valence electrons. The van der Waals surface area contributed by atoms with E-state index in [0.717, 1.165) is 15.6 Å². The first-order valence-electron chi connectivity index (χ1n) is 6.72. The Morgan fingerprint density at radius 2 is 1.73 bits per heavy atom. The molecule has 22 heavy (non-hydrogen) atoms. The molecule has 0 bridgehead atoms. The molecule has 0 saturated carbocycles. The molecule has 1 aliphatic rings. The molecule has 0 unspecified atom stereocenters. The van der Waals surface area contributed by atoms with Crippen LogP contribution in [0.1, 0.15) is 11.1 Å². The van der Waals surface area contributed by atoms with Crippen molar-refractivity contribution >= 4 is 39.9 Å². The largest absolute Gasteiger partial charge is 0.403 e. The molecule has 2 aromatic carbocycles. The number of carbonyl (C=O) groups is 1. The van der Waals surface area contributed by atoms with Gasteiger partial charge in [0.15, 0.2) is 5.70 Å². The van der Waals surface area contributed by atoms with E-state index in [1.165, 1.54) is 0 Å². The Hall–Kier alpha value is -2.46. The van der Waals surface area contributed by atoms with Gasteiger partial charge in [-0.15, -0.1) is 0 Å². The number of benzene rings is 2. The fourth-order valence-corrected chi connectivity index (χ4v) is 2.40. The topological polar surface area (TPSA) is 38.7 Å². The number of esters is 1. The maximum absolute atomic E-state index is 11.8. The Morgan fingerprint density at radius 1 is 0.955 bits per heavy atom. The fraction of sp³-hybridized carbons (Fsp3) is 0. The van der Waals surface area contributed by atoms with E-state index >= 15 is 0 Å². The average molecular weight is 354 g/mol. The first-order chi connectivity index (χ1) is 10.7. The molecule has 3 rings (SSSR count). The number of ether oxygens (including phenoxy) is 1. The Balaban J connectivity index is 1.81. The number of rotatable bonds is 3. The normalized spacial score (nSPS) is 16.1. The average Bonchev–Trinajstić information content (AvgIpc) is 2.86. The molecule has 0 fully saturated rings. The molecule has 0 aliphatic carbocycles. The van der Waals surface area contributed by atoms with Crippen LogP contribution in [-0.2, 0) is 9.53 Å². The molecule has 0 aromatic heterocycles. The van der Waals surface area contributed by atoms with Gasteiger partial charge in [0.25, 0.3) is 0 Å². The molecule has 0 N–H and O–H groups in total. The van der Waals surface area contributed by atoms with Gasteiger partial charge in [-0.2, -0.15) is 0 Å². The predicted molar refractivity (Wildman–Crippen MR) is 91.1 cm³/mol. The van der Waals surface area contributed by atoms with Crippen molar-refractivity contribution in [3.05, 3.63) is 82.0 Å². The van der Waals surface area contributed by atoms with Gasteiger partial charge in [-0.1, -0.05) is 58.4 Å². The van der Waals surface area contributed by atoms with Crippen molar-refractivity contribution in [2.45, 2.75) is 0 Å². The van der Waals surface area contributed by atoms with Crippen LogP contribution in [0.2, 0.25) is 0 Å². The zero-order chi connectivity index (χ0) is 15.4. The van der Waals surface area contributed by atoms with Gasteiger partial charge in [0, 0.05) is 10.5 Å². The summed E-state index contributed by atoms with van der Waals surface area (Å²) in [6.45, 7) is 0. The highest BCUT2D eigenvalue weighted by atomic mass is 79.9. The van der Waals surface area contributed by atoms with Gasteiger partial charge in [0.1, 0.15) is 0 Å². The number of hydrogen-bond donors (Lipinski definition) is 0. The van der Waals surface area contributed by atoms with Crippen LogP contribution in [0.4, 0.5) is 0 Å². The van der Waals surface area contributed by atoms with E-state index in [-0.39, 0.29) is 0 Å². The van der Waals surface area contributed by atoms with Crippen LogP contribution in [0.25, 0.3) is 12.2 Å². The first kappa shape index (κ1) is 14.5. The molecule has 0 radical (unpaired) electrons. The third kappa shape index (κ3) is 3.59. The number of aliphatic imine (C=N–C) groups is 1. The zero-order valence-corrected chi connectivity index (χ0v) is 13.2. The third-order valence-corrected chi connectivity index (χ3v) is 3.50. The molecular formula is C18H12BrNO2. The second-order valence-electron chi connectivity index (χ2n) is 4.67. The number of hydrogen-bond acceptors (Lipinski definition) is 3. The lowest BCUT2D eigenvalue weighted by molar-refractivity contribution is -0.129. The highest BCUT2D eigenvalue weighted by Gasteiger charge is 2.20. The van der Waals surface area contributed by atoms with E-state index in [1.54, 1.807) is 12.2 Å². The minimum Gasteiger partial charge on any atom is -0.403 e. The number of carbonyl (C=O) groups excluding carboxylic acids is 1. The quantitative estimate of drug-likeness (QED) is 0.603. The van der Waals surface area contributed by atoms with Gasteiger partial charge in [-0.05, 0) is 35.4 Å². The van der Waals surface area contributed by atoms with Crippen molar-refractivity contribution in [3.63, 3.8) is 0 Å². The lowest BCUT2D eigenvalue weighted by atomic mass is 10.2. The summed E-state index contributed by atoms with van der Waals surface area (Å²) in [4.78, 5) is 16.0. The molecule has 0 amide bonds. The van der Waals surface area contributed by atoms with Crippen molar-refractivity contribution in [2.75, 3.05) is 0 Å². The van der Waals surface area contributed by atoms with Crippen molar-refractivity contribution in [3.8, 4) is 0 Å². The number of cyclic esters (lactones) is 1. The molecule has 0 atom stereocenters. The van der Waals surface area contributed by atoms with Gasteiger partial charge in [-0.25, -0.2) is 9.79 Å². The Labute approximate surface area is 136 Å². The zero-order valence-electron chi connectivity index (χ0n) is 11.6. The van der Waals surface area contributed by atoms with E-state index < -0.39 is 5.97 Å². The molecule has 0 saturated heterocycles. The number of halogens is 1. The highest BCUT2D eigenvalue weighted by molar-refractivity contribution is 9.10. The minimum atomic E-state index is -0.437. The summed E-state index contributed by atoms with van der Waals surface area (Å²) >= 11 is 3.40. The van der Waals surface area contributed by atoms with Crippen molar-refractivity contribution in [2.24, 2.45) is 4.99 Å². The van der Waals surface area contributed by atoms with Crippen LogP contribution in [0.5, 0.6) is 0 Å². The van der Waals surface area contributed by atoms with Gasteiger partial charge in [0.05, 0.1) is 0 Å². The van der Waals surface area contributed by atoms with Gasteiger partial charge >= 0.3 is 5.97 Å². The maximum Gasteiger partial charge on any atom is 0.363 e. The molecular weight excluding hydrogens is 342 g/mol. The lowest BCUT2D eigenvalue weighted by Crippen LogP contribution is -2.01. The maximum atomic E-state index is 11.8. The Kier molecular flexibility index (Phi) is 4.30. The summed E-state index contributed by atoms with van der Waals surface area (Å²) < 4.78 is 6.09. The Bertz CT molecular complexity index is 792. The van der Waals surface area contributed by atoms with Gasteiger partial charge in [-0.3, -0.25) is 0 Å². The molecule has 4 heteroatoms. The summed E-state index contributed by atoms with van der Waals surface area (Å²) in [6, 6.07) is 17.4. The number of nitrogens with zero attached hydrogens (tertiary/aromatic N) is 1. The van der Waals surface area contributed by atoms with Gasteiger partial charge < -0.3 is 4.74 Å². The molecule has 3 nitrogen and oxygen atoms in total. The van der Waals surface area contributed by atoms with Crippen LogP contribution >= 0.6 is 15.9 Å². The second kappa shape index (κ2) is 6.54. The van der Waals surface area contributed by atoms with Crippen LogP contribution in [0.15, 0.2) is 75.8 Å².